The summed E-state index contributed by atoms with van der Waals surface area (Å²) >= 11 is 0. The average molecular weight is 276 g/mol. The SMILES string of the molecule is CCNC(=O)C(C)Oc1ccc(C(F)(F)F)cc1N. The van der Waals surface area contributed by atoms with Crippen molar-refractivity contribution >= 4 is 11.6 Å². The molecule has 1 aromatic carbocycles. The van der Waals surface area contributed by atoms with Gasteiger partial charge in [0.15, 0.2) is 6.10 Å². The van der Waals surface area contributed by atoms with Crippen LogP contribution >= 0.6 is 0 Å². The van der Waals surface area contributed by atoms with Crippen molar-refractivity contribution in [1.82, 2.24) is 5.32 Å². The van der Waals surface area contributed by atoms with Crippen LogP contribution in [-0.4, -0.2) is 18.6 Å². The number of carbonyl (C=O) groups excluding carboxylic acids is 1. The Morgan fingerprint density at radius 2 is 2.11 bits per heavy atom. The fraction of sp³-hybridized carbons (Fsp3) is 0.417. The maximum absolute atomic E-state index is 12.4. The molecule has 106 valence electrons. The van der Waals surface area contributed by atoms with Gasteiger partial charge in [-0.05, 0) is 32.0 Å². The average Bonchev–Trinajstić information content (AvgIpc) is 2.30. The number of ether oxygens (including phenoxy) is 1. The van der Waals surface area contributed by atoms with Crippen LogP contribution in [0.2, 0.25) is 0 Å². The summed E-state index contributed by atoms with van der Waals surface area (Å²) in [5.74, 6) is -0.312. The zero-order valence-electron chi connectivity index (χ0n) is 10.5. The summed E-state index contributed by atoms with van der Waals surface area (Å²) in [7, 11) is 0. The smallest absolute Gasteiger partial charge is 0.416 e. The van der Waals surface area contributed by atoms with E-state index in [9.17, 15) is 18.0 Å². The van der Waals surface area contributed by atoms with Crippen LogP contribution < -0.4 is 15.8 Å². The minimum absolute atomic E-state index is 0.0479. The number of carbonyl (C=O) groups is 1. The van der Waals surface area contributed by atoms with E-state index in [0.717, 1.165) is 18.2 Å². The van der Waals surface area contributed by atoms with E-state index in [4.69, 9.17) is 10.5 Å². The Morgan fingerprint density at radius 3 is 2.58 bits per heavy atom. The van der Waals surface area contributed by atoms with Crippen LogP contribution in [0.15, 0.2) is 18.2 Å². The van der Waals surface area contributed by atoms with Gasteiger partial charge in [-0.15, -0.1) is 0 Å². The molecule has 4 nitrogen and oxygen atoms in total. The van der Waals surface area contributed by atoms with E-state index in [1.165, 1.54) is 6.92 Å². The highest BCUT2D eigenvalue weighted by Gasteiger charge is 2.31. The number of hydrogen-bond acceptors (Lipinski definition) is 3. The lowest BCUT2D eigenvalue weighted by Crippen LogP contribution is -2.36. The van der Waals surface area contributed by atoms with Crippen molar-refractivity contribution < 1.29 is 22.7 Å². The van der Waals surface area contributed by atoms with E-state index in [1.54, 1.807) is 6.92 Å². The Bertz CT molecular complexity index is 461. The van der Waals surface area contributed by atoms with E-state index in [2.05, 4.69) is 5.32 Å². The molecule has 3 N–H and O–H groups in total. The predicted molar refractivity (Wildman–Crippen MR) is 64.6 cm³/mol. The van der Waals surface area contributed by atoms with Crippen LogP contribution in [0.25, 0.3) is 0 Å². The van der Waals surface area contributed by atoms with E-state index >= 15 is 0 Å². The number of anilines is 1. The third-order valence-corrected chi connectivity index (χ3v) is 2.36. The number of nitrogens with one attached hydrogen (secondary N) is 1. The summed E-state index contributed by atoms with van der Waals surface area (Å²) in [6.45, 7) is 3.67. The lowest BCUT2D eigenvalue weighted by molar-refractivity contribution is -0.137. The normalized spacial score (nSPS) is 12.9. The molecular weight excluding hydrogens is 261 g/mol. The molecule has 1 amide bonds. The lowest BCUT2D eigenvalue weighted by Gasteiger charge is -2.16. The Morgan fingerprint density at radius 1 is 1.47 bits per heavy atom. The van der Waals surface area contributed by atoms with Crippen LogP contribution in [0, 0.1) is 0 Å². The van der Waals surface area contributed by atoms with Gasteiger partial charge in [-0.1, -0.05) is 0 Å². The van der Waals surface area contributed by atoms with Gasteiger partial charge in [0, 0.05) is 6.54 Å². The number of likely N-dealkylation sites (N-methyl/N-ethyl adjacent to an activating group) is 1. The molecular formula is C12H15F3N2O2. The number of hydrogen-bond donors (Lipinski definition) is 2. The minimum atomic E-state index is -4.46. The van der Waals surface area contributed by atoms with Gasteiger partial charge in [0.2, 0.25) is 0 Å². The second-order valence-corrected chi connectivity index (χ2v) is 3.91. The third kappa shape index (κ3) is 4.04. The number of amides is 1. The minimum Gasteiger partial charge on any atom is -0.479 e. The molecule has 1 rings (SSSR count). The highest BCUT2D eigenvalue weighted by molar-refractivity contribution is 5.80. The fourth-order valence-electron chi connectivity index (χ4n) is 1.39. The Kier molecular flexibility index (Phi) is 4.63. The Labute approximate surface area is 108 Å². The molecule has 1 atom stereocenters. The van der Waals surface area contributed by atoms with Gasteiger partial charge in [0.1, 0.15) is 5.75 Å². The molecule has 0 bridgehead atoms. The van der Waals surface area contributed by atoms with Crippen molar-refractivity contribution in [1.29, 1.82) is 0 Å². The number of alkyl halides is 3. The molecule has 1 unspecified atom stereocenters. The highest BCUT2D eigenvalue weighted by Crippen LogP contribution is 2.33. The third-order valence-electron chi connectivity index (χ3n) is 2.36. The maximum Gasteiger partial charge on any atom is 0.416 e. The van der Waals surface area contributed by atoms with Gasteiger partial charge in [0.05, 0.1) is 11.3 Å². The summed E-state index contributed by atoms with van der Waals surface area (Å²) in [6, 6.07) is 2.74. The van der Waals surface area contributed by atoms with E-state index in [0.29, 0.717) is 6.54 Å². The zero-order chi connectivity index (χ0) is 14.6. The molecule has 0 aliphatic heterocycles. The van der Waals surface area contributed by atoms with Gasteiger partial charge in [-0.2, -0.15) is 13.2 Å². The molecule has 7 heteroatoms. The van der Waals surface area contributed by atoms with Crippen molar-refractivity contribution in [2.75, 3.05) is 12.3 Å². The largest absolute Gasteiger partial charge is 0.479 e. The second kappa shape index (κ2) is 5.81. The van der Waals surface area contributed by atoms with Gasteiger partial charge in [-0.3, -0.25) is 4.79 Å². The van der Waals surface area contributed by atoms with Crippen molar-refractivity contribution in [3.05, 3.63) is 23.8 Å². The van der Waals surface area contributed by atoms with Crippen molar-refractivity contribution in [2.45, 2.75) is 26.1 Å². The summed E-state index contributed by atoms with van der Waals surface area (Å²) in [6.07, 6.45) is -5.29. The molecule has 19 heavy (non-hydrogen) atoms. The summed E-state index contributed by atoms with van der Waals surface area (Å²) < 4.78 is 42.5. The van der Waals surface area contributed by atoms with E-state index < -0.39 is 17.8 Å². The quantitative estimate of drug-likeness (QED) is 0.828. The number of benzene rings is 1. The van der Waals surface area contributed by atoms with Crippen LogP contribution in [0.3, 0.4) is 0 Å². The molecule has 0 heterocycles. The highest BCUT2D eigenvalue weighted by atomic mass is 19.4. The summed E-state index contributed by atoms with van der Waals surface area (Å²) in [4.78, 5) is 11.4. The number of nitrogens with two attached hydrogens (primary N) is 1. The molecule has 0 spiro atoms. The number of halogens is 3. The first-order valence-electron chi connectivity index (χ1n) is 5.66. The first-order chi connectivity index (χ1) is 8.75. The molecule has 0 aromatic heterocycles. The van der Waals surface area contributed by atoms with E-state index in [1.807, 2.05) is 0 Å². The molecule has 0 aliphatic carbocycles. The standard InChI is InChI=1S/C12H15F3N2O2/c1-3-17-11(18)7(2)19-10-5-4-8(6-9(10)16)12(13,14)15/h4-7H,3,16H2,1-2H3,(H,17,18). The Hall–Kier alpha value is -1.92. The topological polar surface area (TPSA) is 64.3 Å². The molecule has 0 saturated heterocycles. The van der Waals surface area contributed by atoms with Crippen molar-refractivity contribution in [3.8, 4) is 5.75 Å². The molecule has 0 fully saturated rings. The van der Waals surface area contributed by atoms with Crippen LogP contribution in [0.1, 0.15) is 19.4 Å². The predicted octanol–water partition coefficient (Wildman–Crippen LogP) is 2.19. The Balaban J connectivity index is 2.83. The first-order valence-corrected chi connectivity index (χ1v) is 5.66. The fourth-order valence-corrected chi connectivity index (χ4v) is 1.39. The van der Waals surface area contributed by atoms with Gasteiger partial charge in [0.25, 0.3) is 5.91 Å². The zero-order valence-corrected chi connectivity index (χ0v) is 10.5. The van der Waals surface area contributed by atoms with Crippen molar-refractivity contribution in [3.63, 3.8) is 0 Å². The summed E-state index contributed by atoms with van der Waals surface area (Å²) in [5.41, 5.74) is 4.46. The van der Waals surface area contributed by atoms with Crippen molar-refractivity contribution in [2.24, 2.45) is 0 Å². The van der Waals surface area contributed by atoms with Gasteiger partial charge in [-0.25, -0.2) is 0 Å². The monoisotopic (exact) mass is 276 g/mol. The van der Waals surface area contributed by atoms with E-state index in [-0.39, 0.29) is 17.3 Å². The number of nitrogen functional groups attached to an aromatic ring is 1. The molecule has 0 radical (unpaired) electrons. The van der Waals surface area contributed by atoms with Crippen LogP contribution in [0.4, 0.5) is 18.9 Å². The van der Waals surface area contributed by atoms with Gasteiger partial charge >= 0.3 is 6.18 Å². The molecule has 1 aromatic rings. The van der Waals surface area contributed by atoms with Crippen LogP contribution in [-0.2, 0) is 11.0 Å². The van der Waals surface area contributed by atoms with Gasteiger partial charge < -0.3 is 15.8 Å². The first kappa shape index (κ1) is 15.1. The van der Waals surface area contributed by atoms with Crippen LogP contribution in [0.5, 0.6) is 5.75 Å². The second-order valence-electron chi connectivity index (χ2n) is 3.91. The summed E-state index contributed by atoms with van der Waals surface area (Å²) in [5, 5.41) is 2.54. The molecule has 0 aliphatic rings. The maximum atomic E-state index is 12.4. The molecule has 0 saturated carbocycles. The lowest BCUT2D eigenvalue weighted by atomic mass is 10.2. The number of rotatable bonds is 4.